The molecule has 0 saturated heterocycles. The van der Waals surface area contributed by atoms with Crippen LogP contribution in [0.25, 0.3) is 39.1 Å². The van der Waals surface area contributed by atoms with Crippen molar-refractivity contribution in [3.05, 3.63) is 84.6 Å². The van der Waals surface area contributed by atoms with Crippen molar-refractivity contribution < 1.29 is 9.52 Å². The summed E-state index contributed by atoms with van der Waals surface area (Å²) in [5.41, 5.74) is 6.85. The Morgan fingerprint density at radius 2 is 1.68 bits per heavy atom. The zero-order valence-corrected chi connectivity index (χ0v) is 15.5. The monoisotopic (exact) mass is 385 g/mol. The summed E-state index contributed by atoms with van der Waals surface area (Å²) in [7, 11) is 0. The van der Waals surface area contributed by atoms with E-state index in [1.165, 1.54) is 34.4 Å². The van der Waals surface area contributed by atoms with Crippen LogP contribution in [0.5, 0.6) is 5.06 Å². The average Bonchev–Trinajstić information content (AvgIpc) is 3.52. The molecule has 0 radical (unpaired) electrons. The zero-order valence-electron chi connectivity index (χ0n) is 14.7. The highest BCUT2D eigenvalue weighted by Crippen LogP contribution is 2.35. The summed E-state index contributed by atoms with van der Waals surface area (Å²) in [6.07, 6.45) is 1.36. The smallest absolute Gasteiger partial charge is 0.249 e. The van der Waals surface area contributed by atoms with E-state index in [9.17, 15) is 0 Å². The third-order valence-corrected chi connectivity index (χ3v) is 5.26. The van der Waals surface area contributed by atoms with Crippen molar-refractivity contribution in [3.63, 3.8) is 0 Å². The predicted molar refractivity (Wildman–Crippen MR) is 111 cm³/mol. The van der Waals surface area contributed by atoms with Crippen molar-refractivity contribution in [3.8, 4) is 27.6 Å². The van der Waals surface area contributed by atoms with Gasteiger partial charge in [0.2, 0.25) is 12.3 Å². The van der Waals surface area contributed by atoms with E-state index in [0.717, 1.165) is 16.6 Å². The molecule has 5 nitrogen and oxygen atoms in total. The van der Waals surface area contributed by atoms with Crippen LogP contribution >= 0.6 is 11.3 Å². The Bertz CT molecular complexity index is 1310. The van der Waals surface area contributed by atoms with Crippen LogP contribution in [-0.4, -0.2) is 19.7 Å². The fourth-order valence-corrected chi connectivity index (χ4v) is 3.84. The second-order valence-electron chi connectivity index (χ2n) is 6.23. The molecule has 0 bridgehead atoms. The lowest BCUT2D eigenvalue weighted by molar-refractivity contribution is 0.491. The summed E-state index contributed by atoms with van der Waals surface area (Å²) in [5.74, 6) is 0.546. The lowest BCUT2D eigenvalue weighted by atomic mass is 10.1. The topological polar surface area (TPSA) is 63.6 Å². The molecule has 28 heavy (non-hydrogen) atoms. The molecule has 5 aromatic heterocycles. The Balaban J connectivity index is 0.000000246. The fourth-order valence-electron chi connectivity index (χ4n) is 3.39. The van der Waals surface area contributed by atoms with Gasteiger partial charge in [0, 0.05) is 11.1 Å². The largest absolute Gasteiger partial charge is 0.499 e. The van der Waals surface area contributed by atoms with Crippen molar-refractivity contribution in [2.24, 2.45) is 0 Å². The molecule has 1 N–H and O–H groups in total. The van der Waals surface area contributed by atoms with Gasteiger partial charge in [-0.2, -0.15) is 0 Å². The Morgan fingerprint density at radius 1 is 0.857 bits per heavy atom. The molecule has 0 saturated carbocycles. The van der Waals surface area contributed by atoms with E-state index in [2.05, 4.69) is 63.1 Å². The molecule has 0 spiro atoms. The lowest BCUT2D eigenvalue weighted by Gasteiger charge is -2.01. The number of hydrogen-bond donors (Lipinski definition) is 1. The number of nitrogens with zero attached hydrogens (tertiary/aromatic N) is 3. The van der Waals surface area contributed by atoms with Crippen LogP contribution in [0.15, 0.2) is 89.0 Å². The first-order valence-corrected chi connectivity index (χ1v) is 9.60. The molecule has 0 atom stereocenters. The summed E-state index contributed by atoms with van der Waals surface area (Å²) >= 11 is 1.33. The van der Waals surface area contributed by atoms with E-state index >= 15 is 0 Å². The van der Waals surface area contributed by atoms with Crippen LogP contribution in [0.2, 0.25) is 0 Å². The number of pyridine rings is 1. The Morgan fingerprint density at radius 3 is 2.32 bits per heavy atom. The number of hydrogen-bond acceptors (Lipinski definition) is 5. The van der Waals surface area contributed by atoms with Crippen LogP contribution in [0.4, 0.5) is 0 Å². The minimum Gasteiger partial charge on any atom is -0.499 e. The first-order valence-electron chi connectivity index (χ1n) is 8.72. The number of aromatic hydroxyl groups is 1. The van der Waals surface area contributed by atoms with Crippen LogP contribution < -0.4 is 0 Å². The van der Waals surface area contributed by atoms with Crippen LogP contribution in [0.1, 0.15) is 0 Å². The van der Waals surface area contributed by atoms with Gasteiger partial charge in [0.15, 0.2) is 5.06 Å². The van der Waals surface area contributed by atoms with Gasteiger partial charge in [0.05, 0.1) is 16.6 Å². The van der Waals surface area contributed by atoms with Gasteiger partial charge in [0.25, 0.3) is 0 Å². The standard InChI is InChI=1S/C18H11N3O.C4H4OS/c1-2-4-12(5-3-1)15-10-13-6-7-14(18-20-19-11-22-18)16-8-9-17(15)21(13)16;5-4-2-1-3-6-4/h1-11H;1-3,5H. The molecule has 0 aliphatic heterocycles. The molecule has 0 fully saturated rings. The Kier molecular flexibility index (Phi) is 4.03. The molecule has 5 heterocycles. The van der Waals surface area contributed by atoms with Crippen LogP contribution in [0, 0.1) is 0 Å². The van der Waals surface area contributed by atoms with Crippen LogP contribution in [-0.2, 0) is 0 Å². The van der Waals surface area contributed by atoms with E-state index < -0.39 is 0 Å². The highest BCUT2D eigenvalue weighted by molar-refractivity contribution is 7.11. The molecule has 0 amide bonds. The number of aromatic nitrogens is 3. The third-order valence-electron chi connectivity index (χ3n) is 4.59. The normalized spacial score (nSPS) is 11.0. The van der Waals surface area contributed by atoms with Gasteiger partial charge in [0.1, 0.15) is 0 Å². The molecular weight excluding hydrogens is 370 g/mol. The maximum absolute atomic E-state index is 8.49. The van der Waals surface area contributed by atoms with Crippen molar-refractivity contribution in [1.82, 2.24) is 14.6 Å². The maximum Gasteiger partial charge on any atom is 0.249 e. The maximum atomic E-state index is 8.49. The van der Waals surface area contributed by atoms with Gasteiger partial charge in [-0.25, -0.2) is 0 Å². The van der Waals surface area contributed by atoms with Gasteiger partial charge < -0.3 is 13.9 Å². The first kappa shape index (κ1) is 16.5. The van der Waals surface area contributed by atoms with Crippen molar-refractivity contribution in [2.45, 2.75) is 0 Å². The van der Waals surface area contributed by atoms with E-state index in [-0.39, 0.29) is 0 Å². The number of benzene rings is 1. The molecule has 0 aliphatic rings. The summed E-state index contributed by atoms with van der Waals surface area (Å²) in [6, 6.07) is 24.5. The minimum absolute atomic E-state index is 0.384. The second-order valence-corrected chi connectivity index (χ2v) is 7.16. The molecule has 6 rings (SSSR count). The highest BCUT2D eigenvalue weighted by atomic mass is 32.1. The quantitative estimate of drug-likeness (QED) is 0.415. The van der Waals surface area contributed by atoms with Gasteiger partial charge in [-0.05, 0) is 53.4 Å². The molecule has 0 unspecified atom stereocenters. The minimum atomic E-state index is 0.384. The SMILES string of the molecule is Oc1cccs1.c1ccc(-c2cc3ccc(-c4nnco4)c4ccc2n34)cc1. The second kappa shape index (κ2) is 6.83. The highest BCUT2D eigenvalue weighted by Gasteiger charge is 2.16. The third kappa shape index (κ3) is 2.80. The van der Waals surface area contributed by atoms with Gasteiger partial charge in [-0.3, -0.25) is 0 Å². The van der Waals surface area contributed by atoms with E-state index in [4.69, 9.17) is 9.52 Å². The van der Waals surface area contributed by atoms with E-state index in [1.807, 2.05) is 17.5 Å². The number of thiophene rings is 1. The zero-order chi connectivity index (χ0) is 18.9. The fraction of sp³-hybridized carbons (Fsp3) is 0. The predicted octanol–water partition coefficient (Wildman–Crippen LogP) is 5.70. The summed E-state index contributed by atoms with van der Waals surface area (Å²) in [5, 5.41) is 18.5. The lowest BCUT2D eigenvalue weighted by Crippen LogP contribution is -1.86. The van der Waals surface area contributed by atoms with Crippen molar-refractivity contribution in [2.75, 3.05) is 0 Å². The van der Waals surface area contributed by atoms with E-state index in [1.54, 1.807) is 12.1 Å². The summed E-state index contributed by atoms with van der Waals surface area (Å²) in [6.45, 7) is 0. The van der Waals surface area contributed by atoms with Gasteiger partial charge >= 0.3 is 0 Å². The average molecular weight is 385 g/mol. The Hall–Kier alpha value is -3.64. The van der Waals surface area contributed by atoms with Crippen molar-refractivity contribution in [1.29, 1.82) is 0 Å². The molecule has 136 valence electrons. The molecule has 0 aliphatic carbocycles. The molecular formula is C22H15N3O2S. The van der Waals surface area contributed by atoms with Gasteiger partial charge in [-0.15, -0.1) is 21.5 Å². The van der Waals surface area contributed by atoms with Crippen LogP contribution in [0.3, 0.4) is 0 Å². The molecule has 6 heteroatoms. The summed E-state index contributed by atoms with van der Waals surface area (Å²) in [4.78, 5) is 0. The van der Waals surface area contributed by atoms with Crippen molar-refractivity contribution >= 4 is 27.9 Å². The molecule has 6 aromatic rings. The molecule has 1 aromatic carbocycles. The van der Waals surface area contributed by atoms with Gasteiger partial charge in [-0.1, -0.05) is 30.3 Å². The summed E-state index contributed by atoms with van der Waals surface area (Å²) < 4.78 is 7.59. The van der Waals surface area contributed by atoms with E-state index in [0.29, 0.717) is 11.0 Å². The number of rotatable bonds is 2. The Labute approximate surface area is 164 Å². The first-order chi connectivity index (χ1) is 13.8.